The molecule has 0 aliphatic heterocycles. The second kappa shape index (κ2) is 4.64. The topological polar surface area (TPSA) is 29.9 Å². The van der Waals surface area contributed by atoms with Crippen LogP contribution >= 0.6 is 0 Å². The number of hydrogen-bond acceptors (Lipinski definition) is 2. The number of hydrogen-bond donors (Lipinski definition) is 1. The van der Waals surface area contributed by atoms with Gasteiger partial charge in [-0.3, -0.25) is 0 Å². The summed E-state index contributed by atoms with van der Waals surface area (Å²) in [6, 6.07) is 12.1. The number of nitrogens with one attached hydrogen (secondary N) is 1. The first-order valence-corrected chi connectivity index (χ1v) is 5.24. The fourth-order valence-corrected chi connectivity index (χ4v) is 1.50. The van der Waals surface area contributed by atoms with Crippen molar-refractivity contribution in [2.24, 2.45) is 0 Å². The van der Waals surface area contributed by atoms with Gasteiger partial charge < -0.3 is 5.32 Å². The summed E-state index contributed by atoms with van der Waals surface area (Å²) in [7, 11) is 0. The van der Waals surface area contributed by atoms with E-state index in [0.717, 1.165) is 24.5 Å². The molecule has 0 atom stereocenters. The summed E-state index contributed by atoms with van der Waals surface area (Å²) in [6.07, 6.45) is 2.91. The Kier molecular flexibility index (Phi) is 3.02. The second-order valence-electron chi connectivity index (χ2n) is 3.43. The molecule has 0 aliphatic rings. The lowest BCUT2D eigenvalue weighted by molar-refractivity contribution is 0.610. The van der Waals surface area contributed by atoms with Crippen molar-refractivity contribution in [1.82, 2.24) is 9.78 Å². The summed E-state index contributed by atoms with van der Waals surface area (Å²) in [5.41, 5.74) is 1.09. The highest BCUT2D eigenvalue weighted by atomic mass is 15.3. The molecular weight excluding hydrogens is 186 g/mol. The average Bonchev–Trinajstić information content (AvgIpc) is 2.68. The summed E-state index contributed by atoms with van der Waals surface area (Å²) in [6.45, 7) is 3.09. The van der Waals surface area contributed by atoms with Crippen molar-refractivity contribution in [3.05, 3.63) is 42.6 Å². The van der Waals surface area contributed by atoms with Crippen LogP contribution in [0.25, 0.3) is 0 Å². The fraction of sp³-hybridized carbons (Fsp3) is 0.250. The van der Waals surface area contributed by atoms with Crippen molar-refractivity contribution in [3.8, 4) is 0 Å². The van der Waals surface area contributed by atoms with E-state index in [1.54, 1.807) is 0 Å². The maximum atomic E-state index is 4.26. The van der Waals surface area contributed by atoms with Gasteiger partial charge in [-0.05, 0) is 18.6 Å². The number of aromatic nitrogens is 2. The van der Waals surface area contributed by atoms with Crippen molar-refractivity contribution in [3.63, 3.8) is 0 Å². The van der Waals surface area contributed by atoms with E-state index in [-0.39, 0.29) is 0 Å². The highest BCUT2D eigenvalue weighted by Crippen LogP contribution is 2.15. The van der Waals surface area contributed by atoms with Crippen molar-refractivity contribution in [2.75, 3.05) is 5.32 Å². The van der Waals surface area contributed by atoms with Crippen LogP contribution in [0.2, 0.25) is 0 Å². The molecule has 0 saturated heterocycles. The predicted octanol–water partition coefficient (Wildman–Crippen LogP) is 3.04. The number of nitrogens with zero attached hydrogens (tertiary/aromatic N) is 2. The molecule has 2 aromatic rings. The molecule has 0 radical (unpaired) electrons. The number of aryl methyl sites for hydroxylation is 1. The van der Waals surface area contributed by atoms with E-state index in [0.29, 0.717) is 0 Å². The average molecular weight is 201 g/mol. The van der Waals surface area contributed by atoms with Crippen molar-refractivity contribution >= 4 is 11.5 Å². The van der Waals surface area contributed by atoms with Crippen LogP contribution in [0.1, 0.15) is 13.3 Å². The maximum absolute atomic E-state index is 4.26. The monoisotopic (exact) mass is 201 g/mol. The molecule has 0 amide bonds. The lowest BCUT2D eigenvalue weighted by Crippen LogP contribution is -2.03. The van der Waals surface area contributed by atoms with Gasteiger partial charge in [0, 0.05) is 18.3 Å². The lowest BCUT2D eigenvalue weighted by Gasteiger charge is -2.08. The Labute approximate surface area is 89.7 Å². The molecule has 3 heteroatoms. The molecule has 0 spiro atoms. The van der Waals surface area contributed by atoms with E-state index in [1.165, 1.54) is 0 Å². The van der Waals surface area contributed by atoms with Gasteiger partial charge in [0.05, 0.1) is 6.20 Å². The molecule has 78 valence electrons. The summed E-state index contributed by atoms with van der Waals surface area (Å²) in [5.74, 6) is 1.04. The molecule has 0 unspecified atom stereocenters. The van der Waals surface area contributed by atoms with E-state index >= 15 is 0 Å². The summed E-state index contributed by atoms with van der Waals surface area (Å²) in [4.78, 5) is 0. The van der Waals surface area contributed by atoms with Crippen LogP contribution in [0.4, 0.5) is 11.5 Å². The van der Waals surface area contributed by atoms with Crippen LogP contribution in [0.3, 0.4) is 0 Å². The van der Waals surface area contributed by atoms with Gasteiger partial charge in [-0.15, -0.1) is 0 Å². The number of anilines is 2. The van der Waals surface area contributed by atoms with E-state index in [1.807, 2.05) is 47.3 Å². The van der Waals surface area contributed by atoms with Gasteiger partial charge in [-0.25, -0.2) is 4.68 Å². The minimum atomic E-state index is 0.947. The molecule has 1 aromatic carbocycles. The third-order valence-electron chi connectivity index (χ3n) is 2.20. The minimum absolute atomic E-state index is 0.947. The quantitative estimate of drug-likeness (QED) is 0.824. The molecule has 2 rings (SSSR count). The number of rotatable bonds is 4. The first kappa shape index (κ1) is 9.77. The Hall–Kier alpha value is -1.77. The van der Waals surface area contributed by atoms with Crippen LogP contribution < -0.4 is 5.32 Å². The predicted molar refractivity (Wildman–Crippen MR) is 62.2 cm³/mol. The van der Waals surface area contributed by atoms with E-state index in [9.17, 15) is 0 Å². The van der Waals surface area contributed by atoms with Gasteiger partial charge in [0.25, 0.3) is 0 Å². The Morgan fingerprint density at radius 3 is 2.73 bits per heavy atom. The van der Waals surface area contributed by atoms with Crippen LogP contribution in [-0.4, -0.2) is 9.78 Å². The smallest absolute Gasteiger partial charge is 0.128 e. The van der Waals surface area contributed by atoms with Crippen LogP contribution in [0.15, 0.2) is 42.6 Å². The summed E-state index contributed by atoms with van der Waals surface area (Å²) in [5, 5.41) is 7.59. The Morgan fingerprint density at radius 1 is 1.20 bits per heavy atom. The summed E-state index contributed by atoms with van der Waals surface area (Å²) < 4.78 is 1.98. The SMILES string of the molecule is CCCn1nccc1Nc1ccccc1. The van der Waals surface area contributed by atoms with E-state index in [4.69, 9.17) is 0 Å². The molecule has 15 heavy (non-hydrogen) atoms. The van der Waals surface area contributed by atoms with Gasteiger partial charge in [-0.2, -0.15) is 5.10 Å². The first-order valence-electron chi connectivity index (χ1n) is 5.24. The van der Waals surface area contributed by atoms with E-state index in [2.05, 4.69) is 17.3 Å². The Balaban J connectivity index is 2.14. The zero-order chi connectivity index (χ0) is 10.5. The lowest BCUT2D eigenvalue weighted by atomic mass is 10.3. The highest BCUT2D eigenvalue weighted by molar-refractivity contribution is 5.55. The summed E-state index contributed by atoms with van der Waals surface area (Å²) >= 11 is 0. The van der Waals surface area contributed by atoms with Crippen molar-refractivity contribution in [2.45, 2.75) is 19.9 Å². The zero-order valence-corrected chi connectivity index (χ0v) is 8.85. The van der Waals surface area contributed by atoms with Crippen LogP contribution in [0.5, 0.6) is 0 Å². The number of benzene rings is 1. The third kappa shape index (κ3) is 2.37. The Bertz CT molecular complexity index is 406. The molecule has 1 heterocycles. The van der Waals surface area contributed by atoms with Gasteiger partial charge >= 0.3 is 0 Å². The highest BCUT2D eigenvalue weighted by Gasteiger charge is 2.00. The van der Waals surface area contributed by atoms with Gasteiger partial charge in [0.1, 0.15) is 5.82 Å². The van der Waals surface area contributed by atoms with Crippen molar-refractivity contribution in [1.29, 1.82) is 0 Å². The molecule has 1 aromatic heterocycles. The molecule has 3 nitrogen and oxygen atoms in total. The molecular formula is C12H15N3. The third-order valence-corrected chi connectivity index (χ3v) is 2.20. The van der Waals surface area contributed by atoms with E-state index < -0.39 is 0 Å². The van der Waals surface area contributed by atoms with Gasteiger partial charge in [-0.1, -0.05) is 25.1 Å². The van der Waals surface area contributed by atoms with Crippen molar-refractivity contribution < 1.29 is 0 Å². The van der Waals surface area contributed by atoms with Gasteiger partial charge in [0.15, 0.2) is 0 Å². The largest absolute Gasteiger partial charge is 0.340 e. The van der Waals surface area contributed by atoms with Gasteiger partial charge in [0.2, 0.25) is 0 Å². The van der Waals surface area contributed by atoms with Crippen LogP contribution in [-0.2, 0) is 6.54 Å². The molecule has 0 aliphatic carbocycles. The first-order chi connectivity index (χ1) is 7.40. The molecule has 0 fully saturated rings. The fourth-order valence-electron chi connectivity index (χ4n) is 1.50. The second-order valence-corrected chi connectivity index (χ2v) is 3.43. The van der Waals surface area contributed by atoms with Crippen LogP contribution in [0, 0.1) is 0 Å². The molecule has 0 saturated carbocycles. The normalized spacial score (nSPS) is 10.2. The zero-order valence-electron chi connectivity index (χ0n) is 8.85. The standard InChI is InChI=1S/C12H15N3/c1-2-10-15-12(8-9-13-15)14-11-6-4-3-5-7-11/h3-9,14H,2,10H2,1H3. The maximum Gasteiger partial charge on any atom is 0.128 e. The Morgan fingerprint density at radius 2 is 2.00 bits per heavy atom. The molecule has 0 bridgehead atoms. The number of para-hydroxylation sites is 1. The molecule has 1 N–H and O–H groups in total. The minimum Gasteiger partial charge on any atom is -0.340 e.